The number of hydrogen-bond donors (Lipinski definition) is 0. The van der Waals surface area contributed by atoms with Gasteiger partial charge in [0.1, 0.15) is 17.9 Å². The van der Waals surface area contributed by atoms with Crippen LogP contribution < -0.4 is 4.74 Å². The first kappa shape index (κ1) is 20.1. The third kappa shape index (κ3) is 4.16. The second-order valence-electron chi connectivity index (χ2n) is 7.81. The van der Waals surface area contributed by atoms with Crippen molar-refractivity contribution in [3.8, 4) is 5.75 Å². The Kier molecular flexibility index (Phi) is 5.74. The average Bonchev–Trinajstić information content (AvgIpc) is 3.24. The van der Waals surface area contributed by atoms with Gasteiger partial charge in [0.2, 0.25) is 0 Å². The summed E-state index contributed by atoms with van der Waals surface area (Å²) in [6.07, 6.45) is 8.38. The molecule has 1 saturated heterocycles. The van der Waals surface area contributed by atoms with E-state index in [4.69, 9.17) is 9.84 Å². The molecule has 1 aromatic carbocycles. The van der Waals surface area contributed by atoms with Gasteiger partial charge in [-0.1, -0.05) is 18.2 Å². The molecule has 4 heterocycles. The highest BCUT2D eigenvalue weighted by molar-refractivity contribution is 5.93. The Morgan fingerprint density at radius 2 is 1.81 bits per heavy atom. The van der Waals surface area contributed by atoms with Crippen LogP contribution in [-0.2, 0) is 6.54 Å². The number of hydrogen-bond acceptors (Lipinski definition) is 6. The van der Waals surface area contributed by atoms with Crippen LogP contribution in [0.3, 0.4) is 0 Å². The monoisotopic (exact) mass is 428 g/mol. The normalized spacial score (nSPS) is 14.6. The Morgan fingerprint density at radius 3 is 2.59 bits per heavy atom. The summed E-state index contributed by atoms with van der Waals surface area (Å²) < 4.78 is 7.72. The van der Waals surface area contributed by atoms with Crippen LogP contribution in [0.15, 0.2) is 67.3 Å². The van der Waals surface area contributed by atoms with Crippen LogP contribution in [-0.4, -0.2) is 55.2 Å². The lowest BCUT2D eigenvalue weighted by atomic mass is 9.93. The molecule has 0 unspecified atom stereocenters. The van der Waals surface area contributed by atoms with Gasteiger partial charge in [-0.15, -0.1) is 0 Å². The van der Waals surface area contributed by atoms with E-state index in [9.17, 15) is 4.79 Å². The van der Waals surface area contributed by atoms with E-state index in [1.54, 1.807) is 30.9 Å². The molecule has 1 aliphatic heterocycles. The molecule has 4 aromatic rings. The number of aromatic nitrogens is 5. The second-order valence-corrected chi connectivity index (χ2v) is 7.81. The number of carbonyl (C=O) groups excluding carboxylic acids is 1. The number of fused-ring (bicyclic) bond motifs is 1. The van der Waals surface area contributed by atoms with Crippen LogP contribution in [0.1, 0.15) is 34.8 Å². The van der Waals surface area contributed by atoms with Crippen LogP contribution in [0, 0.1) is 0 Å². The molecule has 0 radical (unpaired) electrons. The van der Waals surface area contributed by atoms with Crippen molar-refractivity contribution in [2.75, 3.05) is 19.7 Å². The first-order valence-electron chi connectivity index (χ1n) is 10.8. The summed E-state index contributed by atoms with van der Waals surface area (Å²) >= 11 is 0. The van der Waals surface area contributed by atoms with Gasteiger partial charge in [-0.25, -0.2) is 14.6 Å². The Balaban J connectivity index is 1.28. The van der Waals surface area contributed by atoms with Gasteiger partial charge in [0, 0.05) is 43.8 Å². The van der Waals surface area contributed by atoms with Crippen LogP contribution >= 0.6 is 0 Å². The molecule has 0 N–H and O–H groups in total. The van der Waals surface area contributed by atoms with Crippen LogP contribution in [0.5, 0.6) is 5.75 Å². The molecule has 0 spiro atoms. The fraction of sp³-hybridized carbons (Fsp3) is 0.292. The summed E-state index contributed by atoms with van der Waals surface area (Å²) in [5.74, 6) is 1.11. The molecule has 3 aromatic heterocycles. The van der Waals surface area contributed by atoms with E-state index in [0.717, 1.165) is 35.4 Å². The maximum Gasteiger partial charge on any atom is 0.255 e. The molecule has 5 rings (SSSR count). The highest BCUT2D eigenvalue weighted by Crippen LogP contribution is 2.31. The molecule has 162 valence electrons. The number of benzene rings is 1. The molecule has 0 bridgehead atoms. The number of pyridine rings is 1. The van der Waals surface area contributed by atoms with Crippen molar-refractivity contribution in [1.29, 1.82) is 0 Å². The predicted molar refractivity (Wildman–Crippen MR) is 119 cm³/mol. The topological polar surface area (TPSA) is 86.0 Å². The summed E-state index contributed by atoms with van der Waals surface area (Å²) in [6.45, 7) is 2.45. The van der Waals surface area contributed by atoms with Crippen molar-refractivity contribution in [3.05, 3.63) is 78.5 Å². The molecule has 0 atom stereocenters. The van der Waals surface area contributed by atoms with Gasteiger partial charge in [0.15, 0.2) is 5.65 Å². The van der Waals surface area contributed by atoms with E-state index in [1.807, 2.05) is 46.0 Å². The van der Waals surface area contributed by atoms with E-state index < -0.39 is 0 Å². The highest BCUT2D eigenvalue weighted by Gasteiger charge is 2.28. The van der Waals surface area contributed by atoms with Crippen molar-refractivity contribution in [3.63, 3.8) is 0 Å². The standard InChI is InChI=1S/C24H24N6O2/c31-24(19-5-4-10-25-17-19)29-13-8-18(9-14-29)21-22-23(27-12-11-26-22)30(28-21)15-16-32-20-6-2-1-3-7-20/h1-7,10-12,17-18H,8-9,13-16H2. The van der Waals surface area contributed by atoms with Gasteiger partial charge in [0.25, 0.3) is 5.91 Å². The van der Waals surface area contributed by atoms with E-state index in [1.165, 1.54) is 0 Å². The fourth-order valence-corrected chi connectivity index (χ4v) is 4.15. The number of amides is 1. The van der Waals surface area contributed by atoms with Crippen LogP contribution in [0.4, 0.5) is 0 Å². The Bertz CT molecular complexity index is 1190. The quantitative estimate of drug-likeness (QED) is 0.468. The number of para-hydroxylation sites is 1. The molecule has 1 fully saturated rings. The second kappa shape index (κ2) is 9.13. The molecule has 1 amide bonds. The maximum atomic E-state index is 12.7. The molecular weight excluding hydrogens is 404 g/mol. The van der Waals surface area contributed by atoms with E-state index in [0.29, 0.717) is 31.8 Å². The fourth-order valence-electron chi connectivity index (χ4n) is 4.15. The first-order valence-corrected chi connectivity index (χ1v) is 10.8. The van der Waals surface area contributed by atoms with Gasteiger partial charge < -0.3 is 9.64 Å². The molecule has 8 nitrogen and oxygen atoms in total. The third-order valence-electron chi connectivity index (χ3n) is 5.79. The zero-order valence-corrected chi connectivity index (χ0v) is 17.7. The number of likely N-dealkylation sites (tertiary alicyclic amines) is 1. The number of rotatable bonds is 6. The Hall–Kier alpha value is -3.81. The van der Waals surface area contributed by atoms with Gasteiger partial charge in [-0.05, 0) is 37.1 Å². The maximum absolute atomic E-state index is 12.7. The van der Waals surface area contributed by atoms with Crippen molar-refractivity contribution >= 4 is 17.1 Å². The minimum absolute atomic E-state index is 0.0322. The lowest BCUT2D eigenvalue weighted by Crippen LogP contribution is -2.38. The van der Waals surface area contributed by atoms with Gasteiger partial charge in [-0.3, -0.25) is 9.78 Å². The van der Waals surface area contributed by atoms with Gasteiger partial charge >= 0.3 is 0 Å². The van der Waals surface area contributed by atoms with E-state index >= 15 is 0 Å². The average molecular weight is 428 g/mol. The zero-order valence-electron chi connectivity index (χ0n) is 17.7. The lowest BCUT2D eigenvalue weighted by molar-refractivity contribution is 0.0711. The van der Waals surface area contributed by atoms with Crippen molar-refractivity contribution in [2.24, 2.45) is 0 Å². The van der Waals surface area contributed by atoms with Crippen molar-refractivity contribution in [2.45, 2.75) is 25.3 Å². The van der Waals surface area contributed by atoms with Crippen LogP contribution in [0.25, 0.3) is 11.2 Å². The summed E-state index contributed by atoms with van der Waals surface area (Å²) in [6, 6.07) is 13.3. The Labute approximate surface area is 185 Å². The molecule has 8 heteroatoms. The molecule has 1 aliphatic rings. The largest absolute Gasteiger partial charge is 0.492 e. The minimum atomic E-state index is 0.0322. The Morgan fingerprint density at radius 1 is 1.00 bits per heavy atom. The SMILES string of the molecule is O=C(c1cccnc1)N1CCC(c2nn(CCOc3ccccc3)c3nccnc23)CC1. The zero-order chi connectivity index (χ0) is 21.8. The molecule has 0 aliphatic carbocycles. The van der Waals surface area contributed by atoms with Crippen molar-refractivity contribution in [1.82, 2.24) is 29.6 Å². The number of piperidine rings is 1. The first-order chi connectivity index (χ1) is 15.8. The number of nitrogens with zero attached hydrogens (tertiary/aromatic N) is 6. The third-order valence-corrected chi connectivity index (χ3v) is 5.79. The number of ether oxygens (including phenoxy) is 1. The molecule has 32 heavy (non-hydrogen) atoms. The smallest absolute Gasteiger partial charge is 0.255 e. The van der Waals surface area contributed by atoms with E-state index in [2.05, 4.69) is 15.0 Å². The van der Waals surface area contributed by atoms with E-state index in [-0.39, 0.29) is 11.8 Å². The predicted octanol–water partition coefficient (Wildman–Crippen LogP) is 3.32. The molecule has 0 saturated carbocycles. The lowest BCUT2D eigenvalue weighted by Gasteiger charge is -2.31. The summed E-state index contributed by atoms with van der Waals surface area (Å²) in [7, 11) is 0. The summed E-state index contributed by atoms with van der Waals surface area (Å²) in [5, 5.41) is 4.87. The van der Waals surface area contributed by atoms with Crippen LogP contribution in [0.2, 0.25) is 0 Å². The number of carbonyl (C=O) groups is 1. The van der Waals surface area contributed by atoms with Crippen molar-refractivity contribution < 1.29 is 9.53 Å². The summed E-state index contributed by atoms with van der Waals surface area (Å²) in [4.78, 5) is 27.8. The minimum Gasteiger partial charge on any atom is -0.492 e. The summed E-state index contributed by atoms with van der Waals surface area (Å²) in [5.41, 5.74) is 3.20. The van der Waals surface area contributed by atoms with Gasteiger partial charge in [-0.2, -0.15) is 5.10 Å². The highest BCUT2D eigenvalue weighted by atomic mass is 16.5. The molecular formula is C24H24N6O2. The van der Waals surface area contributed by atoms with Gasteiger partial charge in [0.05, 0.1) is 17.8 Å².